The summed E-state index contributed by atoms with van der Waals surface area (Å²) in [6.07, 6.45) is 0.208. The Kier molecular flexibility index (Phi) is 5.14. The lowest BCUT2D eigenvalue weighted by Gasteiger charge is -2.26. The molecular formula is C10H16F2N2O2. The molecule has 0 aromatic carbocycles. The largest absolute Gasteiger partial charge is 0.351 e. The number of alkyl halides is 2. The molecule has 16 heavy (non-hydrogen) atoms. The second kappa shape index (κ2) is 6.40. The third-order valence-electron chi connectivity index (χ3n) is 2.55. The highest BCUT2D eigenvalue weighted by molar-refractivity contribution is 5.80. The Morgan fingerprint density at radius 1 is 1.19 bits per heavy atom. The first-order valence-corrected chi connectivity index (χ1v) is 5.45. The summed E-state index contributed by atoms with van der Waals surface area (Å²) in [6, 6.07) is 0. The van der Waals surface area contributed by atoms with Gasteiger partial charge >= 0.3 is 6.43 Å². The Labute approximate surface area is 93.0 Å². The average Bonchev–Trinajstić information content (AvgIpc) is 2.29. The summed E-state index contributed by atoms with van der Waals surface area (Å²) in [6.45, 7) is 1.46. The summed E-state index contributed by atoms with van der Waals surface area (Å²) < 4.78 is 23.6. The predicted molar refractivity (Wildman–Crippen MR) is 54.1 cm³/mol. The smallest absolute Gasteiger partial charge is 0.315 e. The van der Waals surface area contributed by atoms with Crippen LogP contribution in [-0.4, -0.2) is 42.8 Å². The summed E-state index contributed by atoms with van der Waals surface area (Å²) in [5.74, 6) is -1.39. The van der Waals surface area contributed by atoms with E-state index in [1.807, 2.05) is 5.32 Å². The molecule has 0 aromatic rings. The van der Waals surface area contributed by atoms with Gasteiger partial charge in [0.05, 0.1) is 0 Å². The molecule has 2 amide bonds. The number of rotatable bonds is 4. The number of nitrogens with one attached hydrogen (secondary N) is 1. The minimum absolute atomic E-state index is 0.0154. The molecule has 1 fully saturated rings. The van der Waals surface area contributed by atoms with E-state index in [0.717, 1.165) is 32.4 Å². The number of hydrogen-bond acceptors (Lipinski definition) is 2. The Bertz CT molecular complexity index is 253. The van der Waals surface area contributed by atoms with Crippen molar-refractivity contribution in [2.24, 2.45) is 0 Å². The average molecular weight is 234 g/mol. The minimum Gasteiger partial charge on any atom is -0.351 e. The lowest BCUT2D eigenvalue weighted by Crippen LogP contribution is -2.38. The molecule has 6 heteroatoms. The fourth-order valence-corrected chi connectivity index (χ4v) is 1.67. The molecule has 0 aliphatic carbocycles. The zero-order valence-electron chi connectivity index (χ0n) is 9.05. The van der Waals surface area contributed by atoms with Crippen LogP contribution in [0.2, 0.25) is 0 Å². The van der Waals surface area contributed by atoms with Crippen LogP contribution in [0.5, 0.6) is 0 Å². The Morgan fingerprint density at radius 3 is 2.38 bits per heavy atom. The third-order valence-corrected chi connectivity index (χ3v) is 2.55. The number of halogens is 2. The maximum absolute atomic E-state index is 11.8. The molecule has 0 bridgehead atoms. The molecule has 0 spiro atoms. The van der Waals surface area contributed by atoms with Gasteiger partial charge < -0.3 is 10.2 Å². The zero-order valence-corrected chi connectivity index (χ0v) is 9.05. The first-order chi connectivity index (χ1) is 7.61. The number of carbonyl (C=O) groups excluding carboxylic acids is 2. The van der Waals surface area contributed by atoms with Crippen molar-refractivity contribution in [3.63, 3.8) is 0 Å². The molecule has 1 aliphatic rings. The lowest BCUT2D eigenvalue weighted by molar-refractivity contribution is -0.133. The summed E-state index contributed by atoms with van der Waals surface area (Å²) >= 11 is 0. The monoisotopic (exact) mass is 234 g/mol. The van der Waals surface area contributed by atoms with Gasteiger partial charge in [-0.1, -0.05) is 0 Å². The standard InChI is InChI=1S/C10H16F2N2O2/c11-9(12)10(16)13-5-4-8(15)14-6-2-1-3-7-14/h9H,1-7H2,(H,13,16). The molecule has 0 saturated carbocycles. The fraction of sp³-hybridized carbons (Fsp3) is 0.800. The summed E-state index contributed by atoms with van der Waals surface area (Å²) in [4.78, 5) is 23.8. The molecule has 1 N–H and O–H groups in total. The van der Waals surface area contributed by atoms with E-state index >= 15 is 0 Å². The van der Waals surface area contributed by atoms with Crippen molar-refractivity contribution in [1.29, 1.82) is 0 Å². The van der Waals surface area contributed by atoms with E-state index < -0.39 is 12.3 Å². The number of piperidine rings is 1. The molecular weight excluding hydrogens is 218 g/mol. The van der Waals surface area contributed by atoms with Crippen LogP contribution in [0.3, 0.4) is 0 Å². The highest BCUT2D eigenvalue weighted by Gasteiger charge is 2.18. The maximum atomic E-state index is 11.8. The van der Waals surface area contributed by atoms with Crippen molar-refractivity contribution in [2.45, 2.75) is 32.1 Å². The molecule has 1 saturated heterocycles. The van der Waals surface area contributed by atoms with Crippen LogP contribution in [0.25, 0.3) is 0 Å². The first kappa shape index (κ1) is 12.9. The van der Waals surface area contributed by atoms with E-state index in [4.69, 9.17) is 0 Å². The quantitative estimate of drug-likeness (QED) is 0.781. The second-order valence-corrected chi connectivity index (χ2v) is 3.78. The van der Waals surface area contributed by atoms with Crippen LogP contribution < -0.4 is 5.32 Å². The number of amides is 2. The number of likely N-dealkylation sites (tertiary alicyclic amines) is 1. The zero-order chi connectivity index (χ0) is 12.0. The molecule has 0 aromatic heterocycles. The van der Waals surface area contributed by atoms with Crippen LogP contribution in [0.15, 0.2) is 0 Å². The van der Waals surface area contributed by atoms with E-state index in [2.05, 4.69) is 0 Å². The molecule has 1 aliphatic heterocycles. The van der Waals surface area contributed by atoms with Gasteiger partial charge in [0, 0.05) is 26.1 Å². The summed E-state index contributed by atoms with van der Waals surface area (Å²) in [7, 11) is 0. The first-order valence-electron chi connectivity index (χ1n) is 5.45. The van der Waals surface area contributed by atoms with Crippen molar-refractivity contribution in [2.75, 3.05) is 19.6 Å². The number of nitrogens with zero attached hydrogens (tertiary/aromatic N) is 1. The van der Waals surface area contributed by atoms with Gasteiger partial charge in [-0.15, -0.1) is 0 Å². The van der Waals surface area contributed by atoms with Crippen LogP contribution in [-0.2, 0) is 9.59 Å². The molecule has 92 valence electrons. The molecule has 0 atom stereocenters. The third kappa shape index (κ3) is 4.12. The van der Waals surface area contributed by atoms with Crippen molar-refractivity contribution in [3.05, 3.63) is 0 Å². The molecule has 0 unspecified atom stereocenters. The van der Waals surface area contributed by atoms with Crippen LogP contribution in [0, 0.1) is 0 Å². The number of carbonyl (C=O) groups is 2. The van der Waals surface area contributed by atoms with E-state index in [1.54, 1.807) is 4.90 Å². The van der Waals surface area contributed by atoms with Gasteiger partial charge in [-0.3, -0.25) is 9.59 Å². The second-order valence-electron chi connectivity index (χ2n) is 3.78. The Balaban J connectivity index is 2.17. The Morgan fingerprint density at radius 2 is 1.81 bits per heavy atom. The van der Waals surface area contributed by atoms with Gasteiger partial charge in [-0.2, -0.15) is 8.78 Å². The molecule has 4 nitrogen and oxygen atoms in total. The van der Waals surface area contributed by atoms with Gasteiger partial charge in [-0.05, 0) is 19.3 Å². The van der Waals surface area contributed by atoms with E-state index in [0.29, 0.717) is 0 Å². The topological polar surface area (TPSA) is 49.4 Å². The van der Waals surface area contributed by atoms with E-state index in [-0.39, 0.29) is 18.9 Å². The normalized spacial score (nSPS) is 16.3. The van der Waals surface area contributed by atoms with Crippen molar-refractivity contribution in [3.8, 4) is 0 Å². The highest BCUT2D eigenvalue weighted by atomic mass is 19.3. The van der Waals surface area contributed by atoms with Crippen LogP contribution in [0.1, 0.15) is 25.7 Å². The highest BCUT2D eigenvalue weighted by Crippen LogP contribution is 2.09. The van der Waals surface area contributed by atoms with Gasteiger partial charge in [0.1, 0.15) is 0 Å². The van der Waals surface area contributed by atoms with Gasteiger partial charge in [0.25, 0.3) is 5.91 Å². The van der Waals surface area contributed by atoms with Crippen molar-refractivity contribution in [1.82, 2.24) is 10.2 Å². The van der Waals surface area contributed by atoms with Crippen molar-refractivity contribution < 1.29 is 18.4 Å². The Hall–Kier alpha value is -1.20. The summed E-state index contributed by atoms with van der Waals surface area (Å²) in [5, 5.41) is 2.02. The predicted octanol–water partition coefficient (Wildman–Crippen LogP) is 0.770. The van der Waals surface area contributed by atoms with Gasteiger partial charge in [-0.25, -0.2) is 0 Å². The van der Waals surface area contributed by atoms with Crippen molar-refractivity contribution >= 4 is 11.8 Å². The molecule has 1 heterocycles. The van der Waals surface area contributed by atoms with Crippen LogP contribution >= 0.6 is 0 Å². The summed E-state index contributed by atoms with van der Waals surface area (Å²) in [5.41, 5.74) is 0. The lowest BCUT2D eigenvalue weighted by atomic mass is 10.1. The fourth-order valence-electron chi connectivity index (χ4n) is 1.67. The minimum atomic E-state index is -3.01. The SMILES string of the molecule is O=C(NCCC(=O)N1CCCCC1)C(F)F. The van der Waals surface area contributed by atoms with Crippen LogP contribution in [0.4, 0.5) is 8.78 Å². The molecule has 0 radical (unpaired) electrons. The van der Waals surface area contributed by atoms with Gasteiger partial charge in [0.15, 0.2) is 0 Å². The molecule has 1 rings (SSSR count). The maximum Gasteiger partial charge on any atom is 0.315 e. The van der Waals surface area contributed by atoms with E-state index in [1.165, 1.54) is 0 Å². The van der Waals surface area contributed by atoms with E-state index in [9.17, 15) is 18.4 Å². The number of hydrogen-bond donors (Lipinski definition) is 1. The van der Waals surface area contributed by atoms with Gasteiger partial charge in [0.2, 0.25) is 5.91 Å².